The summed E-state index contributed by atoms with van der Waals surface area (Å²) < 4.78 is 29.5. The molecule has 1 N–H and O–H groups in total. The minimum Gasteiger partial charge on any atom is -0.507 e. The van der Waals surface area contributed by atoms with Gasteiger partial charge in [0.1, 0.15) is 11.9 Å². The van der Waals surface area contributed by atoms with Crippen LogP contribution in [0, 0.1) is 0 Å². The fourth-order valence-corrected chi connectivity index (χ4v) is 3.75. The smallest absolute Gasteiger partial charge is 0.126 e. The molecule has 1 aromatic rings. The summed E-state index contributed by atoms with van der Waals surface area (Å²) in [6.07, 6.45) is 8.35. The van der Waals surface area contributed by atoms with Crippen molar-refractivity contribution in [3.63, 3.8) is 0 Å². The highest BCUT2D eigenvalue weighted by Gasteiger charge is 2.16. The molecule has 2 aliphatic rings. The first kappa shape index (κ1) is 22.5. The van der Waals surface area contributed by atoms with E-state index in [1.165, 1.54) is 0 Å². The van der Waals surface area contributed by atoms with Crippen molar-refractivity contribution in [3.05, 3.63) is 51.5 Å². The summed E-state index contributed by atoms with van der Waals surface area (Å²) >= 11 is 3.50. The first-order chi connectivity index (χ1) is 14.2. The molecule has 1 aromatic carbocycles. The maximum absolute atomic E-state index is 10.6. The minimum atomic E-state index is -0.164. The van der Waals surface area contributed by atoms with Crippen molar-refractivity contribution in [2.45, 2.75) is 32.2 Å². The molecule has 29 heavy (non-hydrogen) atoms. The van der Waals surface area contributed by atoms with Crippen molar-refractivity contribution < 1.29 is 28.8 Å². The van der Waals surface area contributed by atoms with Crippen LogP contribution in [0.15, 0.2) is 40.4 Å². The highest BCUT2D eigenvalue weighted by molar-refractivity contribution is 9.10. The molecule has 6 nitrogen and oxygen atoms in total. The Hall–Kier alpha value is -1.22. The van der Waals surface area contributed by atoms with Gasteiger partial charge in [0.15, 0.2) is 0 Å². The van der Waals surface area contributed by atoms with Crippen LogP contribution in [0.4, 0.5) is 0 Å². The standard InChI is InChI=1S/C22H29BrO6/c23-20-12-18-14-27-9-8-25-6-7-26-10-11-29-21(17-4-2-1-3-5-17)16-28-15-19(13-20)22(18)24/h2,4-5,12-13,21,24H,1,3,6-11,14-16H2. The Labute approximate surface area is 180 Å². The second-order valence-corrected chi connectivity index (χ2v) is 7.82. The van der Waals surface area contributed by atoms with Crippen LogP contribution in [0.3, 0.4) is 0 Å². The molecule has 3 rings (SSSR count). The van der Waals surface area contributed by atoms with Gasteiger partial charge in [0.2, 0.25) is 0 Å². The molecule has 0 aromatic heterocycles. The summed E-state index contributed by atoms with van der Waals surface area (Å²) in [5.74, 6) is 0.206. The monoisotopic (exact) mass is 468 g/mol. The third kappa shape index (κ3) is 7.51. The summed E-state index contributed by atoms with van der Waals surface area (Å²) in [5, 5.41) is 10.6. The van der Waals surface area contributed by atoms with Gasteiger partial charge in [0.05, 0.1) is 59.5 Å². The maximum atomic E-state index is 10.6. The van der Waals surface area contributed by atoms with E-state index in [0.717, 1.165) is 22.9 Å². The summed E-state index contributed by atoms with van der Waals surface area (Å²) in [5.41, 5.74) is 2.56. The van der Waals surface area contributed by atoms with Gasteiger partial charge in [-0.3, -0.25) is 0 Å². The van der Waals surface area contributed by atoms with E-state index in [4.69, 9.17) is 23.7 Å². The highest BCUT2D eigenvalue weighted by atomic mass is 79.9. The molecule has 0 fully saturated rings. The molecule has 1 atom stereocenters. The number of halogens is 1. The number of hydrogen-bond acceptors (Lipinski definition) is 6. The number of ether oxygens (including phenoxy) is 5. The van der Waals surface area contributed by atoms with Crippen LogP contribution in [-0.4, -0.2) is 57.5 Å². The van der Waals surface area contributed by atoms with Crippen LogP contribution < -0.4 is 0 Å². The third-order valence-corrected chi connectivity index (χ3v) is 5.16. The second kappa shape index (κ2) is 12.5. The number of benzene rings is 1. The maximum Gasteiger partial charge on any atom is 0.126 e. The molecule has 0 amide bonds. The van der Waals surface area contributed by atoms with Crippen molar-refractivity contribution >= 4 is 15.9 Å². The van der Waals surface area contributed by atoms with Crippen molar-refractivity contribution in [1.29, 1.82) is 0 Å². The lowest BCUT2D eigenvalue weighted by Gasteiger charge is -2.21. The van der Waals surface area contributed by atoms with Crippen LogP contribution in [0.2, 0.25) is 0 Å². The molecule has 1 aliphatic carbocycles. The summed E-state index contributed by atoms with van der Waals surface area (Å²) in [4.78, 5) is 0. The van der Waals surface area contributed by atoms with Gasteiger partial charge in [-0.1, -0.05) is 34.2 Å². The predicted octanol–water partition coefficient (Wildman–Crippen LogP) is 3.90. The zero-order valence-corrected chi connectivity index (χ0v) is 18.2. The quantitative estimate of drug-likeness (QED) is 0.673. The van der Waals surface area contributed by atoms with Gasteiger partial charge in [-0.2, -0.15) is 0 Å². The van der Waals surface area contributed by atoms with Gasteiger partial charge in [-0.25, -0.2) is 0 Å². The SMILES string of the molecule is Oc1c2cc(Br)cc1COCC(C1=CCCC=C1)OCCOCCOCCOC2. The molecule has 0 saturated carbocycles. The molecule has 160 valence electrons. The lowest BCUT2D eigenvalue weighted by molar-refractivity contribution is -0.0363. The fourth-order valence-electron chi connectivity index (χ4n) is 3.20. The molecular formula is C22H29BrO6. The number of fused-ring (bicyclic) bond motifs is 2. The molecule has 1 unspecified atom stereocenters. The summed E-state index contributed by atoms with van der Waals surface area (Å²) in [7, 11) is 0. The van der Waals surface area contributed by atoms with Crippen molar-refractivity contribution in [3.8, 4) is 5.75 Å². The summed E-state index contributed by atoms with van der Waals surface area (Å²) in [6.45, 7) is 3.93. The zero-order valence-electron chi connectivity index (χ0n) is 16.6. The number of phenols is 1. The van der Waals surface area contributed by atoms with E-state index in [2.05, 4.69) is 34.2 Å². The molecule has 2 bridgehead atoms. The molecule has 7 heteroatoms. The van der Waals surface area contributed by atoms with Crippen molar-refractivity contribution in [2.75, 3.05) is 46.2 Å². The first-order valence-corrected chi connectivity index (χ1v) is 10.8. The normalized spacial score (nSPS) is 23.1. The van der Waals surface area contributed by atoms with E-state index in [-0.39, 0.29) is 18.5 Å². The Bertz CT molecular complexity index is 703. The second-order valence-electron chi connectivity index (χ2n) is 6.91. The molecule has 0 spiro atoms. The van der Waals surface area contributed by atoms with E-state index < -0.39 is 0 Å². The van der Waals surface area contributed by atoms with Gasteiger partial charge >= 0.3 is 0 Å². The number of hydrogen-bond donors (Lipinski definition) is 1. The van der Waals surface area contributed by atoms with Crippen molar-refractivity contribution in [2.24, 2.45) is 0 Å². The topological polar surface area (TPSA) is 66.4 Å². The average molecular weight is 469 g/mol. The number of phenolic OH excluding ortho intramolecular Hbond substituents is 1. The summed E-state index contributed by atoms with van der Waals surface area (Å²) in [6, 6.07) is 3.72. The van der Waals surface area contributed by atoms with Crippen LogP contribution in [-0.2, 0) is 36.9 Å². The number of rotatable bonds is 1. The van der Waals surface area contributed by atoms with Crippen molar-refractivity contribution in [1.82, 2.24) is 0 Å². The lowest BCUT2D eigenvalue weighted by atomic mass is 10.0. The van der Waals surface area contributed by atoms with E-state index in [1.54, 1.807) is 0 Å². The average Bonchev–Trinajstić information content (AvgIpc) is 2.73. The molecule has 0 saturated heterocycles. The van der Waals surface area contributed by atoms with Crippen LogP contribution in [0.25, 0.3) is 0 Å². The zero-order chi connectivity index (χ0) is 20.3. The Morgan fingerprint density at radius 1 is 0.828 bits per heavy atom. The van der Waals surface area contributed by atoms with Gasteiger partial charge in [-0.15, -0.1) is 0 Å². The predicted molar refractivity (Wildman–Crippen MR) is 113 cm³/mol. The van der Waals surface area contributed by atoms with E-state index in [1.807, 2.05) is 12.1 Å². The number of aromatic hydroxyl groups is 1. The molecule has 1 aliphatic heterocycles. The Morgan fingerprint density at radius 3 is 2.17 bits per heavy atom. The van der Waals surface area contributed by atoms with E-state index >= 15 is 0 Å². The van der Waals surface area contributed by atoms with Crippen LogP contribution in [0.1, 0.15) is 24.0 Å². The van der Waals surface area contributed by atoms with Crippen LogP contribution in [0.5, 0.6) is 5.75 Å². The number of allylic oxidation sites excluding steroid dienone is 2. The highest BCUT2D eigenvalue weighted by Crippen LogP contribution is 2.29. The van der Waals surface area contributed by atoms with Gasteiger partial charge < -0.3 is 28.8 Å². The minimum absolute atomic E-state index is 0.164. The largest absolute Gasteiger partial charge is 0.507 e. The lowest BCUT2D eigenvalue weighted by Crippen LogP contribution is -2.24. The molecule has 0 radical (unpaired) electrons. The van der Waals surface area contributed by atoms with Gasteiger partial charge in [0, 0.05) is 15.6 Å². The van der Waals surface area contributed by atoms with Crippen LogP contribution >= 0.6 is 15.9 Å². The van der Waals surface area contributed by atoms with Gasteiger partial charge in [0.25, 0.3) is 0 Å². The van der Waals surface area contributed by atoms with Gasteiger partial charge in [-0.05, 0) is 30.5 Å². The van der Waals surface area contributed by atoms with E-state index in [0.29, 0.717) is 64.0 Å². The first-order valence-electron chi connectivity index (χ1n) is 10.0. The Kier molecular flexibility index (Phi) is 9.66. The Balaban J connectivity index is 1.68. The molecular weight excluding hydrogens is 440 g/mol. The third-order valence-electron chi connectivity index (χ3n) is 4.70. The van der Waals surface area contributed by atoms with E-state index in [9.17, 15) is 5.11 Å². The Morgan fingerprint density at radius 2 is 1.48 bits per heavy atom. The fraction of sp³-hybridized carbons (Fsp3) is 0.545. The molecule has 1 heterocycles.